The number of para-hydroxylation sites is 2. The first-order valence-electron chi connectivity index (χ1n) is 10.8. The Balaban J connectivity index is 1.45. The van der Waals surface area contributed by atoms with Gasteiger partial charge in [-0.15, -0.1) is 10.2 Å². The van der Waals surface area contributed by atoms with Crippen molar-refractivity contribution in [1.82, 2.24) is 14.8 Å². The van der Waals surface area contributed by atoms with E-state index in [1.807, 2.05) is 73.9 Å². The van der Waals surface area contributed by atoms with Gasteiger partial charge in [-0.05, 0) is 62.2 Å². The van der Waals surface area contributed by atoms with Crippen molar-refractivity contribution in [2.45, 2.75) is 25.9 Å². The molecule has 0 spiro atoms. The van der Waals surface area contributed by atoms with Crippen LogP contribution < -0.4 is 10.6 Å². The van der Waals surface area contributed by atoms with Gasteiger partial charge in [-0.2, -0.15) is 0 Å². The average Bonchev–Trinajstić information content (AvgIpc) is 3.18. The van der Waals surface area contributed by atoms with Crippen LogP contribution in [0, 0.1) is 20.8 Å². The summed E-state index contributed by atoms with van der Waals surface area (Å²) in [5, 5.41) is 14.8. The Morgan fingerprint density at radius 1 is 0.882 bits per heavy atom. The van der Waals surface area contributed by atoms with Crippen LogP contribution in [0.4, 0.5) is 11.4 Å². The van der Waals surface area contributed by atoms with Crippen LogP contribution in [0.5, 0.6) is 0 Å². The summed E-state index contributed by atoms with van der Waals surface area (Å²) in [7, 11) is 0. The second-order valence-electron chi connectivity index (χ2n) is 7.86. The van der Waals surface area contributed by atoms with Crippen LogP contribution in [0.15, 0.2) is 78.0 Å². The van der Waals surface area contributed by atoms with Crippen LogP contribution in [0.1, 0.15) is 27.3 Å². The van der Waals surface area contributed by atoms with E-state index >= 15 is 0 Å². The maximum absolute atomic E-state index is 12.9. The van der Waals surface area contributed by atoms with Crippen molar-refractivity contribution >= 4 is 35.0 Å². The number of carbonyl (C=O) groups excluding carboxylic acids is 2. The quantitative estimate of drug-likeness (QED) is 0.363. The molecule has 8 heteroatoms. The van der Waals surface area contributed by atoms with Crippen molar-refractivity contribution < 1.29 is 9.59 Å². The molecule has 2 N–H and O–H groups in total. The topological polar surface area (TPSA) is 88.9 Å². The van der Waals surface area contributed by atoms with Crippen LogP contribution in [0.25, 0.3) is 5.69 Å². The monoisotopic (exact) mass is 471 g/mol. The van der Waals surface area contributed by atoms with Crippen molar-refractivity contribution in [2.24, 2.45) is 0 Å². The summed E-state index contributed by atoms with van der Waals surface area (Å²) < 4.78 is 1.94. The number of rotatable bonds is 7. The molecule has 0 fully saturated rings. The smallest absolute Gasteiger partial charge is 0.257 e. The van der Waals surface area contributed by atoms with Gasteiger partial charge in [-0.25, -0.2) is 0 Å². The third-order valence-electron chi connectivity index (χ3n) is 5.21. The van der Waals surface area contributed by atoms with E-state index in [0.29, 0.717) is 22.1 Å². The molecule has 4 rings (SSSR count). The average molecular weight is 472 g/mol. The number of thioether (sulfide) groups is 1. The highest BCUT2D eigenvalue weighted by Gasteiger charge is 2.17. The van der Waals surface area contributed by atoms with Crippen molar-refractivity contribution in [3.8, 4) is 5.69 Å². The SMILES string of the molecule is Cc1cccc(NC(=O)c2ccccc2NC(=O)CSc2nnc(C)n2-c2ccccc2C)c1. The van der Waals surface area contributed by atoms with Crippen LogP contribution in [0.2, 0.25) is 0 Å². The Morgan fingerprint density at radius 3 is 2.44 bits per heavy atom. The summed E-state index contributed by atoms with van der Waals surface area (Å²) in [5.41, 5.74) is 4.66. The lowest BCUT2D eigenvalue weighted by atomic mass is 10.1. The molecule has 34 heavy (non-hydrogen) atoms. The van der Waals surface area contributed by atoms with Gasteiger partial charge in [-0.1, -0.05) is 54.2 Å². The van der Waals surface area contributed by atoms with Gasteiger partial charge in [0.15, 0.2) is 5.16 Å². The summed E-state index contributed by atoms with van der Waals surface area (Å²) in [6.45, 7) is 5.87. The van der Waals surface area contributed by atoms with Crippen LogP contribution >= 0.6 is 11.8 Å². The summed E-state index contributed by atoms with van der Waals surface area (Å²) in [4.78, 5) is 25.6. The summed E-state index contributed by atoms with van der Waals surface area (Å²) >= 11 is 1.29. The summed E-state index contributed by atoms with van der Waals surface area (Å²) in [6, 6.07) is 22.5. The van der Waals surface area contributed by atoms with E-state index in [2.05, 4.69) is 20.8 Å². The third kappa shape index (κ3) is 5.35. The fourth-order valence-electron chi connectivity index (χ4n) is 3.56. The zero-order valence-corrected chi connectivity index (χ0v) is 20.0. The molecule has 0 aliphatic rings. The Hall–Kier alpha value is -3.91. The van der Waals surface area contributed by atoms with Crippen molar-refractivity contribution in [2.75, 3.05) is 16.4 Å². The fraction of sp³-hybridized carbons (Fsp3) is 0.154. The number of anilines is 2. The second-order valence-corrected chi connectivity index (χ2v) is 8.80. The molecule has 1 heterocycles. The number of benzene rings is 3. The van der Waals surface area contributed by atoms with Gasteiger partial charge < -0.3 is 10.6 Å². The molecule has 7 nitrogen and oxygen atoms in total. The predicted octanol–water partition coefficient (Wildman–Crippen LogP) is 5.18. The van der Waals surface area contributed by atoms with E-state index in [9.17, 15) is 9.59 Å². The van der Waals surface area contributed by atoms with E-state index < -0.39 is 0 Å². The lowest BCUT2D eigenvalue weighted by Crippen LogP contribution is -2.19. The highest BCUT2D eigenvalue weighted by molar-refractivity contribution is 7.99. The first-order valence-corrected chi connectivity index (χ1v) is 11.8. The molecular formula is C26H25N5O2S. The molecule has 172 valence electrons. The van der Waals surface area contributed by atoms with Crippen LogP contribution in [0.3, 0.4) is 0 Å². The number of aromatic nitrogens is 3. The zero-order chi connectivity index (χ0) is 24.1. The molecule has 0 bridgehead atoms. The molecule has 0 aliphatic carbocycles. The maximum Gasteiger partial charge on any atom is 0.257 e. The van der Waals surface area contributed by atoms with E-state index in [0.717, 1.165) is 22.6 Å². The Bertz CT molecular complexity index is 1350. The highest BCUT2D eigenvalue weighted by atomic mass is 32.2. The van der Waals surface area contributed by atoms with Gasteiger partial charge in [0.25, 0.3) is 5.91 Å². The standard InChI is InChI=1S/C26H25N5O2S/c1-17-9-8-11-20(15-17)27-25(33)21-12-5-6-13-22(21)28-24(32)16-34-26-30-29-19(3)31(26)23-14-7-4-10-18(23)2/h4-15H,16H2,1-3H3,(H,27,33)(H,28,32). The van der Waals surface area contributed by atoms with Gasteiger partial charge in [0.05, 0.1) is 22.7 Å². The number of hydrogen-bond donors (Lipinski definition) is 2. The van der Waals surface area contributed by atoms with Gasteiger partial charge in [0.1, 0.15) is 5.82 Å². The van der Waals surface area contributed by atoms with E-state index in [1.165, 1.54) is 11.8 Å². The second kappa shape index (κ2) is 10.4. The van der Waals surface area contributed by atoms with Crippen molar-refractivity contribution in [1.29, 1.82) is 0 Å². The largest absolute Gasteiger partial charge is 0.325 e. The summed E-state index contributed by atoms with van der Waals surface area (Å²) in [6.07, 6.45) is 0. The fourth-order valence-corrected chi connectivity index (χ4v) is 4.35. The highest BCUT2D eigenvalue weighted by Crippen LogP contribution is 2.24. The molecule has 1 aromatic heterocycles. The lowest BCUT2D eigenvalue weighted by Gasteiger charge is -2.13. The van der Waals surface area contributed by atoms with E-state index in [-0.39, 0.29) is 17.6 Å². The minimum Gasteiger partial charge on any atom is -0.325 e. The predicted molar refractivity (Wildman–Crippen MR) is 136 cm³/mol. The maximum atomic E-state index is 12.9. The summed E-state index contributed by atoms with van der Waals surface area (Å²) in [5.74, 6) is 0.343. The van der Waals surface area contributed by atoms with Gasteiger partial charge in [0, 0.05) is 5.69 Å². The normalized spacial score (nSPS) is 10.7. The molecule has 0 atom stereocenters. The molecule has 0 aliphatic heterocycles. The Kier molecular flexibility index (Phi) is 7.08. The number of nitrogens with one attached hydrogen (secondary N) is 2. The Morgan fingerprint density at radius 2 is 1.65 bits per heavy atom. The van der Waals surface area contributed by atoms with E-state index in [4.69, 9.17) is 0 Å². The minimum atomic E-state index is -0.288. The molecule has 2 amide bonds. The number of carbonyl (C=O) groups is 2. The number of nitrogens with zero attached hydrogens (tertiary/aromatic N) is 3. The molecule has 0 saturated carbocycles. The molecule has 0 saturated heterocycles. The molecular weight excluding hydrogens is 446 g/mol. The first-order chi connectivity index (χ1) is 16.4. The Labute approximate surface area is 202 Å². The van der Waals surface area contributed by atoms with Gasteiger partial charge in [-0.3, -0.25) is 14.2 Å². The van der Waals surface area contributed by atoms with Crippen molar-refractivity contribution in [3.05, 3.63) is 95.3 Å². The zero-order valence-electron chi connectivity index (χ0n) is 19.2. The van der Waals surface area contributed by atoms with Crippen LogP contribution in [-0.4, -0.2) is 32.3 Å². The lowest BCUT2D eigenvalue weighted by molar-refractivity contribution is -0.113. The minimum absolute atomic E-state index is 0.123. The van der Waals surface area contributed by atoms with Gasteiger partial charge in [0.2, 0.25) is 5.91 Å². The first kappa shape index (κ1) is 23.3. The van der Waals surface area contributed by atoms with Crippen molar-refractivity contribution in [3.63, 3.8) is 0 Å². The van der Waals surface area contributed by atoms with Gasteiger partial charge >= 0.3 is 0 Å². The van der Waals surface area contributed by atoms with E-state index in [1.54, 1.807) is 24.3 Å². The molecule has 0 radical (unpaired) electrons. The molecule has 0 unspecified atom stereocenters. The molecule has 4 aromatic rings. The molecule has 3 aromatic carbocycles. The number of hydrogen-bond acceptors (Lipinski definition) is 5. The third-order valence-corrected chi connectivity index (χ3v) is 6.13. The van der Waals surface area contributed by atoms with Crippen LogP contribution in [-0.2, 0) is 4.79 Å². The number of amides is 2. The number of aryl methyl sites for hydroxylation is 3.